The maximum atomic E-state index is 3.66. The summed E-state index contributed by atoms with van der Waals surface area (Å²) in [6, 6.07) is 8.28. The minimum Gasteiger partial charge on any atom is -0.0985 e. The van der Waals surface area contributed by atoms with Gasteiger partial charge in [0.1, 0.15) is 0 Å². The number of allylic oxidation sites excluding steroid dienone is 2. The first kappa shape index (κ1) is 11.2. The van der Waals surface area contributed by atoms with E-state index in [0.717, 1.165) is 11.8 Å². The highest BCUT2D eigenvalue weighted by Gasteiger charge is 2.25. The minimum absolute atomic E-state index is 0.991. The van der Waals surface area contributed by atoms with E-state index in [1.165, 1.54) is 30.4 Å². The molecule has 0 aliphatic heterocycles. The molecule has 0 radical (unpaired) electrons. The van der Waals surface area contributed by atoms with Gasteiger partial charge in [0.05, 0.1) is 0 Å². The first-order valence-electron chi connectivity index (χ1n) is 6.15. The van der Waals surface area contributed by atoms with Crippen molar-refractivity contribution in [3.63, 3.8) is 0 Å². The number of aryl methyl sites for hydroxylation is 1. The van der Waals surface area contributed by atoms with Crippen LogP contribution < -0.4 is 0 Å². The molecule has 2 aliphatic carbocycles. The molecule has 2 atom stereocenters. The maximum absolute atomic E-state index is 3.66. The van der Waals surface area contributed by atoms with Gasteiger partial charge in [-0.15, -0.1) is 0 Å². The van der Waals surface area contributed by atoms with Crippen molar-refractivity contribution >= 4 is 6.08 Å². The average Bonchev–Trinajstić information content (AvgIpc) is 2.95. The summed E-state index contributed by atoms with van der Waals surface area (Å²) in [7, 11) is 0. The minimum atomic E-state index is 0.991. The van der Waals surface area contributed by atoms with E-state index in [-0.39, 0.29) is 0 Å². The van der Waals surface area contributed by atoms with Crippen molar-refractivity contribution in [3.05, 3.63) is 54.1 Å². The molecule has 0 N–H and O–H groups in total. The standard InChI is InChI=1S/C9H10.C7H10/c1-3-9-6-4-8(2)5-7-9;1-2-7-4-3-6(1)5-7/h3-7H,1H2,2H3;1-2,6-7H,3-5H2. The molecular weight excluding hydrogens is 192 g/mol. The fourth-order valence-corrected chi connectivity index (χ4v) is 2.42. The average molecular weight is 212 g/mol. The Morgan fingerprint density at radius 2 is 1.62 bits per heavy atom. The van der Waals surface area contributed by atoms with E-state index in [2.05, 4.69) is 49.9 Å². The zero-order chi connectivity index (χ0) is 11.4. The van der Waals surface area contributed by atoms with Gasteiger partial charge in [-0.25, -0.2) is 0 Å². The molecule has 1 saturated carbocycles. The molecule has 0 aromatic heterocycles. The quantitative estimate of drug-likeness (QED) is 0.596. The van der Waals surface area contributed by atoms with Gasteiger partial charge in [-0.1, -0.05) is 54.6 Å². The highest BCUT2D eigenvalue weighted by molar-refractivity contribution is 5.46. The summed E-state index contributed by atoms with van der Waals surface area (Å²) in [6.45, 7) is 5.74. The van der Waals surface area contributed by atoms with Gasteiger partial charge in [0.25, 0.3) is 0 Å². The van der Waals surface area contributed by atoms with Gasteiger partial charge in [0, 0.05) is 0 Å². The van der Waals surface area contributed by atoms with Crippen molar-refractivity contribution in [3.8, 4) is 0 Å². The molecule has 2 aliphatic rings. The van der Waals surface area contributed by atoms with Crippen molar-refractivity contribution < 1.29 is 0 Å². The monoisotopic (exact) mass is 212 g/mol. The summed E-state index contributed by atoms with van der Waals surface area (Å²) in [4.78, 5) is 0. The third-order valence-electron chi connectivity index (χ3n) is 3.48. The van der Waals surface area contributed by atoms with E-state index in [1.54, 1.807) is 0 Å². The molecule has 0 nitrogen and oxygen atoms in total. The van der Waals surface area contributed by atoms with Crippen LogP contribution in [0.5, 0.6) is 0 Å². The van der Waals surface area contributed by atoms with Crippen LogP contribution in [0, 0.1) is 18.8 Å². The zero-order valence-corrected chi connectivity index (χ0v) is 10.0. The Balaban J connectivity index is 0.000000123. The van der Waals surface area contributed by atoms with Crippen molar-refractivity contribution in [1.29, 1.82) is 0 Å². The fraction of sp³-hybridized carbons (Fsp3) is 0.375. The van der Waals surface area contributed by atoms with Crippen molar-refractivity contribution in [2.45, 2.75) is 26.2 Å². The molecule has 1 aromatic rings. The lowest BCUT2D eigenvalue weighted by Gasteiger charge is -1.96. The Morgan fingerprint density at radius 1 is 1.06 bits per heavy atom. The first-order valence-corrected chi connectivity index (χ1v) is 6.15. The molecule has 84 valence electrons. The Hall–Kier alpha value is -1.30. The molecule has 0 heteroatoms. The van der Waals surface area contributed by atoms with Gasteiger partial charge >= 0.3 is 0 Å². The molecule has 3 rings (SSSR count). The van der Waals surface area contributed by atoms with Gasteiger partial charge in [0.2, 0.25) is 0 Å². The lowest BCUT2D eigenvalue weighted by molar-refractivity contribution is 0.691. The van der Waals surface area contributed by atoms with E-state index in [9.17, 15) is 0 Å². The molecule has 1 aromatic carbocycles. The van der Waals surface area contributed by atoms with Crippen molar-refractivity contribution in [2.75, 3.05) is 0 Å². The lowest BCUT2D eigenvalue weighted by atomic mass is 10.1. The summed E-state index contributed by atoms with van der Waals surface area (Å²) in [6.07, 6.45) is 11.0. The molecule has 16 heavy (non-hydrogen) atoms. The molecular formula is C16H20. The molecule has 1 fully saturated rings. The van der Waals surface area contributed by atoms with Gasteiger partial charge in [-0.2, -0.15) is 0 Å². The van der Waals surface area contributed by atoms with Crippen LogP contribution in [0.3, 0.4) is 0 Å². The molecule has 0 heterocycles. The lowest BCUT2D eigenvalue weighted by Crippen LogP contribution is -1.82. The predicted molar refractivity (Wildman–Crippen MR) is 71.2 cm³/mol. The summed E-state index contributed by atoms with van der Waals surface area (Å²) in [5, 5.41) is 0. The Labute approximate surface area is 98.7 Å². The number of hydrogen-bond donors (Lipinski definition) is 0. The van der Waals surface area contributed by atoms with Crippen LogP contribution in [0.1, 0.15) is 30.4 Å². The topological polar surface area (TPSA) is 0 Å². The van der Waals surface area contributed by atoms with Gasteiger partial charge in [-0.05, 0) is 43.6 Å². The van der Waals surface area contributed by atoms with Crippen LogP contribution in [0.2, 0.25) is 0 Å². The Bertz CT molecular complexity index is 358. The number of hydrogen-bond acceptors (Lipinski definition) is 0. The number of rotatable bonds is 1. The zero-order valence-electron chi connectivity index (χ0n) is 10.0. The van der Waals surface area contributed by atoms with Crippen LogP contribution in [-0.2, 0) is 0 Å². The second-order valence-corrected chi connectivity index (χ2v) is 4.83. The SMILES string of the molecule is C1=CC2CCC1C2.C=Cc1ccc(C)cc1. The van der Waals surface area contributed by atoms with Gasteiger partial charge < -0.3 is 0 Å². The van der Waals surface area contributed by atoms with Crippen LogP contribution in [-0.4, -0.2) is 0 Å². The molecule has 2 bridgehead atoms. The van der Waals surface area contributed by atoms with Gasteiger partial charge in [0.15, 0.2) is 0 Å². The van der Waals surface area contributed by atoms with E-state index >= 15 is 0 Å². The van der Waals surface area contributed by atoms with Crippen LogP contribution in [0.25, 0.3) is 6.08 Å². The smallest absolute Gasteiger partial charge is 0.0228 e. The van der Waals surface area contributed by atoms with E-state index in [0.29, 0.717) is 0 Å². The van der Waals surface area contributed by atoms with E-state index < -0.39 is 0 Å². The van der Waals surface area contributed by atoms with Crippen molar-refractivity contribution in [1.82, 2.24) is 0 Å². The third kappa shape index (κ3) is 2.85. The number of fused-ring (bicyclic) bond motifs is 2. The van der Waals surface area contributed by atoms with E-state index in [1.807, 2.05) is 6.08 Å². The highest BCUT2D eigenvalue weighted by atomic mass is 14.3. The second kappa shape index (κ2) is 5.16. The predicted octanol–water partition coefficient (Wildman–Crippen LogP) is 4.61. The summed E-state index contributed by atoms with van der Waals surface area (Å²) >= 11 is 0. The van der Waals surface area contributed by atoms with Crippen LogP contribution in [0.4, 0.5) is 0 Å². The molecule has 2 unspecified atom stereocenters. The first-order chi connectivity index (χ1) is 7.78. The van der Waals surface area contributed by atoms with Crippen molar-refractivity contribution in [2.24, 2.45) is 11.8 Å². The largest absolute Gasteiger partial charge is 0.0985 e. The summed E-state index contributed by atoms with van der Waals surface area (Å²) in [5.41, 5.74) is 2.47. The third-order valence-corrected chi connectivity index (χ3v) is 3.48. The Morgan fingerprint density at radius 3 is 1.94 bits per heavy atom. The summed E-state index contributed by atoms with van der Waals surface area (Å²) in [5.74, 6) is 1.98. The van der Waals surface area contributed by atoms with Crippen LogP contribution >= 0.6 is 0 Å². The highest BCUT2D eigenvalue weighted by Crippen LogP contribution is 2.38. The normalized spacial score (nSPS) is 25.1. The molecule has 0 amide bonds. The number of benzene rings is 1. The van der Waals surface area contributed by atoms with Gasteiger partial charge in [-0.3, -0.25) is 0 Å². The van der Waals surface area contributed by atoms with Crippen LogP contribution in [0.15, 0.2) is 43.0 Å². The fourth-order valence-electron chi connectivity index (χ4n) is 2.42. The molecule has 0 saturated heterocycles. The van der Waals surface area contributed by atoms with E-state index in [4.69, 9.17) is 0 Å². The Kier molecular flexibility index (Phi) is 3.61. The maximum Gasteiger partial charge on any atom is -0.0228 e. The summed E-state index contributed by atoms with van der Waals surface area (Å²) < 4.78 is 0. The second-order valence-electron chi connectivity index (χ2n) is 4.83. The molecule has 0 spiro atoms.